The molecule has 1 aromatic rings. The fourth-order valence-electron chi connectivity index (χ4n) is 2.63. The molecule has 7 heteroatoms. The van der Waals surface area contributed by atoms with Gasteiger partial charge in [-0.2, -0.15) is 0 Å². The molecule has 1 heterocycles. The molecule has 0 bridgehead atoms. The number of aliphatic hydroxyl groups is 2. The summed E-state index contributed by atoms with van der Waals surface area (Å²) in [5.41, 5.74) is -0.0385. The molecule has 0 radical (unpaired) electrons. The molecule has 130 valence electrons. The molecule has 5 nitrogen and oxygen atoms in total. The number of piperazine rings is 1. The van der Waals surface area contributed by atoms with E-state index in [9.17, 15) is 13.9 Å². The first-order valence-electron chi connectivity index (χ1n) is 7.82. The zero-order valence-electron chi connectivity index (χ0n) is 13.5. The van der Waals surface area contributed by atoms with E-state index in [-0.39, 0.29) is 18.0 Å². The van der Waals surface area contributed by atoms with Crippen molar-refractivity contribution in [2.45, 2.75) is 26.0 Å². The lowest BCUT2D eigenvalue weighted by Crippen LogP contribution is -2.49. The Labute approximate surface area is 135 Å². The normalized spacial score (nSPS) is 17.6. The van der Waals surface area contributed by atoms with Gasteiger partial charge in [0.1, 0.15) is 24.1 Å². The van der Waals surface area contributed by atoms with Gasteiger partial charge in [-0.05, 0) is 13.8 Å². The van der Waals surface area contributed by atoms with E-state index in [1.54, 1.807) is 4.90 Å². The van der Waals surface area contributed by atoms with Gasteiger partial charge < -0.3 is 19.8 Å². The first kappa shape index (κ1) is 17.9. The van der Waals surface area contributed by atoms with Gasteiger partial charge in [-0.25, -0.2) is 8.78 Å². The SMILES string of the molecule is CC(C)N1CCN(c2c(F)cc(OCC(O)CO)cc2F)CC1. The van der Waals surface area contributed by atoms with Crippen LogP contribution >= 0.6 is 0 Å². The number of aliphatic hydroxyl groups excluding tert-OH is 2. The highest BCUT2D eigenvalue weighted by Crippen LogP contribution is 2.29. The van der Waals surface area contributed by atoms with E-state index < -0.39 is 24.3 Å². The summed E-state index contributed by atoms with van der Waals surface area (Å²) in [6.45, 7) is 6.17. The fraction of sp³-hybridized carbons (Fsp3) is 0.625. The molecule has 2 rings (SSSR count). The third-order valence-corrected chi connectivity index (χ3v) is 4.00. The molecular weight excluding hydrogens is 306 g/mol. The summed E-state index contributed by atoms with van der Waals surface area (Å²) in [6, 6.07) is 2.63. The van der Waals surface area contributed by atoms with Crippen molar-refractivity contribution in [3.05, 3.63) is 23.8 Å². The first-order valence-corrected chi connectivity index (χ1v) is 7.82. The molecule has 23 heavy (non-hydrogen) atoms. The van der Waals surface area contributed by atoms with Crippen molar-refractivity contribution in [1.82, 2.24) is 4.90 Å². The Hall–Kier alpha value is -1.44. The maximum Gasteiger partial charge on any atom is 0.153 e. The molecule has 0 spiro atoms. The highest BCUT2D eigenvalue weighted by atomic mass is 19.1. The van der Waals surface area contributed by atoms with E-state index in [2.05, 4.69) is 18.7 Å². The van der Waals surface area contributed by atoms with Crippen molar-refractivity contribution in [2.75, 3.05) is 44.3 Å². The van der Waals surface area contributed by atoms with Gasteiger partial charge in [-0.15, -0.1) is 0 Å². The summed E-state index contributed by atoms with van der Waals surface area (Å²) in [5, 5.41) is 17.9. The Balaban J connectivity index is 2.06. The summed E-state index contributed by atoms with van der Waals surface area (Å²) in [4.78, 5) is 3.97. The average molecular weight is 330 g/mol. The highest BCUT2D eigenvalue weighted by molar-refractivity contribution is 5.52. The monoisotopic (exact) mass is 330 g/mol. The zero-order valence-corrected chi connectivity index (χ0v) is 13.5. The first-order chi connectivity index (χ1) is 10.9. The van der Waals surface area contributed by atoms with Crippen LogP contribution < -0.4 is 9.64 Å². The van der Waals surface area contributed by atoms with E-state index in [0.717, 1.165) is 25.2 Å². The van der Waals surface area contributed by atoms with Gasteiger partial charge in [0.2, 0.25) is 0 Å². The second kappa shape index (κ2) is 7.90. The average Bonchev–Trinajstić information content (AvgIpc) is 2.52. The molecule has 0 aliphatic carbocycles. The third kappa shape index (κ3) is 4.53. The number of nitrogens with zero attached hydrogens (tertiary/aromatic N) is 2. The molecule has 2 N–H and O–H groups in total. The Morgan fingerprint density at radius 2 is 1.70 bits per heavy atom. The molecule has 0 aromatic heterocycles. The fourth-order valence-corrected chi connectivity index (χ4v) is 2.63. The van der Waals surface area contributed by atoms with Crippen LogP contribution in [-0.4, -0.2) is 66.7 Å². The minimum atomic E-state index is -1.08. The Morgan fingerprint density at radius 1 is 1.13 bits per heavy atom. The Morgan fingerprint density at radius 3 is 2.17 bits per heavy atom. The van der Waals surface area contributed by atoms with E-state index in [1.807, 2.05) is 0 Å². The van der Waals surface area contributed by atoms with Crippen LogP contribution in [0.1, 0.15) is 13.8 Å². The van der Waals surface area contributed by atoms with Crippen molar-refractivity contribution in [3.63, 3.8) is 0 Å². The second-order valence-corrected chi connectivity index (χ2v) is 6.00. The van der Waals surface area contributed by atoms with Crippen molar-refractivity contribution >= 4 is 5.69 Å². The number of benzene rings is 1. The summed E-state index contributed by atoms with van der Waals surface area (Å²) >= 11 is 0. The van der Waals surface area contributed by atoms with E-state index in [0.29, 0.717) is 19.1 Å². The van der Waals surface area contributed by atoms with Gasteiger partial charge in [-0.1, -0.05) is 0 Å². The van der Waals surface area contributed by atoms with Crippen LogP contribution in [0.5, 0.6) is 5.75 Å². The largest absolute Gasteiger partial charge is 0.491 e. The molecule has 1 aliphatic rings. The van der Waals surface area contributed by atoms with Crippen LogP contribution in [0.25, 0.3) is 0 Å². The number of halogens is 2. The van der Waals surface area contributed by atoms with Crippen molar-refractivity contribution in [3.8, 4) is 5.75 Å². The minimum absolute atomic E-state index is 0.00272. The molecule has 1 aliphatic heterocycles. The lowest BCUT2D eigenvalue weighted by molar-refractivity contribution is 0.0534. The van der Waals surface area contributed by atoms with Gasteiger partial charge in [0.15, 0.2) is 11.6 Å². The maximum absolute atomic E-state index is 14.3. The third-order valence-electron chi connectivity index (χ3n) is 4.00. The molecule has 1 aromatic carbocycles. The Kier molecular flexibility index (Phi) is 6.15. The quantitative estimate of drug-likeness (QED) is 0.822. The zero-order chi connectivity index (χ0) is 17.0. The van der Waals surface area contributed by atoms with Gasteiger partial charge in [0.25, 0.3) is 0 Å². The maximum atomic E-state index is 14.3. The standard InChI is InChI=1S/C16H24F2N2O3/c1-11(2)19-3-5-20(6-4-19)16-14(17)7-13(8-15(16)18)23-10-12(22)9-21/h7-8,11-12,21-22H,3-6,9-10H2,1-2H3. The van der Waals surface area contributed by atoms with Crippen molar-refractivity contribution in [1.29, 1.82) is 0 Å². The minimum Gasteiger partial charge on any atom is -0.491 e. The van der Waals surface area contributed by atoms with Gasteiger partial charge in [0.05, 0.1) is 6.61 Å². The van der Waals surface area contributed by atoms with Gasteiger partial charge in [-0.3, -0.25) is 4.90 Å². The molecule has 1 atom stereocenters. The predicted molar refractivity (Wildman–Crippen MR) is 83.9 cm³/mol. The van der Waals surface area contributed by atoms with E-state index >= 15 is 0 Å². The summed E-state index contributed by atoms with van der Waals surface area (Å²) < 4.78 is 33.6. The van der Waals surface area contributed by atoms with Crippen LogP contribution in [0.4, 0.5) is 14.5 Å². The van der Waals surface area contributed by atoms with E-state index in [4.69, 9.17) is 9.84 Å². The smallest absolute Gasteiger partial charge is 0.153 e. The molecule has 0 amide bonds. The van der Waals surface area contributed by atoms with Gasteiger partial charge >= 0.3 is 0 Å². The van der Waals surface area contributed by atoms with Crippen LogP contribution in [0.3, 0.4) is 0 Å². The lowest BCUT2D eigenvalue weighted by Gasteiger charge is -2.38. The molecule has 1 unspecified atom stereocenters. The second-order valence-electron chi connectivity index (χ2n) is 6.00. The molecule has 0 saturated carbocycles. The number of anilines is 1. The topological polar surface area (TPSA) is 56.2 Å². The predicted octanol–water partition coefficient (Wildman–Crippen LogP) is 1.23. The van der Waals surface area contributed by atoms with Crippen LogP contribution in [0.15, 0.2) is 12.1 Å². The van der Waals surface area contributed by atoms with E-state index in [1.165, 1.54) is 0 Å². The van der Waals surface area contributed by atoms with Crippen LogP contribution in [0, 0.1) is 11.6 Å². The Bertz CT molecular complexity index is 497. The van der Waals surface area contributed by atoms with Crippen LogP contribution in [0.2, 0.25) is 0 Å². The number of ether oxygens (including phenoxy) is 1. The molecule has 1 fully saturated rings. The highest BCUT2D eigenvalue weighted by Gasteiger charge is 2.24. The summed E-state index contributed by atoms with van der Waals surface area (Å²) in [7, 11) is 0. The number of hydrogen-bond donors (Lipinski definition) is 2. The number of hydrogen-bond acceptors (Lipinski definition) is 5. The molecular formula is C16H24F2N2O3. The van der Waals surface area contributed by atoms with Gasteiger partial charge in [0, 0.05) is 44.4 Å². The molecule has 1 saturated heterocycles. The van der Waals surface area contributed by atoms with Crippen LogP contribution in [-0.2, 0) is 0 Å². The summed E-state index contributed by atoms with van der Waals surface area (Å²) in [6.07, 6.45) is -1.08. The van der Waals surface area contributed by atoms with Crippen molar-refractivity contribution < 1.29 is 23.7 Å². The number of rotatable bonds is 6. The van der Waals surface area contributed by atoms with Crippen molar-refractivity contribution in [2.24, 2.45) is 0 Å². The lowest BCUT2D eigenvalue weighted by atomic mass is 10.2. The summed E-state index contributed by atoms with van der Waals surface area (Å²) in [5.74, 6) is -1.37.